The summed E-state index contributed by atoms with van der Waals surface area (Å²) in [6.07, 6.45) is 0. The molecule has 0 spiro atoms. The largest absolute Gasteiger partial charge is 0.332 e. The molecule has 0 aliphatic rings. The first-order chi connectivity index (χ1) is 13.9. The van der Waals surface area contributed by atoms with Crippen LogP contribution in [-0.4, -0.2) is 9.13 Å². The van der Waals surface area contributed by atoms with Gasteiger partial charge in [-0.25, -0.2) is 4.79 Å². The van der Waals surface area contributed by atoms with Crippen LogP contribution < -0.4 is 11.2 Å². The second-order valence-corrected chi connectivity index (χ2v) is 7.93. The van der Waals surface area contributed by atoms with Crippen molar-refractivity contribution in [3.8, 4) is 0 Å². The molecule has 1 aromatic heterocycles. The Morgan fingerprint density at radius 3 is 2.00 bits per heavy atom. The summed E-state index contributed by atoms with van der Waals surface area (Å²) in [5.41, 5.74) is 1.23. The average molecular weight is 446 g/mol. The molecule has 0 amide bonds. The summed E-state index contributed by atoms with van der Waals surface area (Å²) in [5.74, 6) is 0. The van der Waals surface area contributed by atoms with E-state index in [9.17, 15) is 9.59 Å². The summed E-state index contributed by atoms with van der Waals surface area (Å²) in [6.45, 7) is 0.395. The first kappa shape index (κ1) is 19.8. The van der Waals surface area contributed by atoms with Gasteiger partial charge in [0.15, 0.2) is 0 Å². The van der Waals surface area contributed by atoms with Gasteiger partial charge in [0.05, 0.1) is 29.0 Å². The van der Waals surface area contributed by atoms with Gasteiger partial charge in [-0.2, -0.15) is 0 Å². The van der Waals surface area contributed by atoms with Gasteiger partial charge >= 0.3 is 5.69 Å². The molecule has 0 N–H and O–H groups in total. The first-order valence-electron chi connectivity index (χ1n) is 8.85. The maximum absolute atomic E-state index is 13.3. The van der Waals surface area contributed by atoms with Gasteiger partial charge in [-0.3, -0.25) is 13.9 Å². The molecule has 3 aromatic carbocycles. The smallest absolute Gasteiger partial charge is 0.289 e. The Morgan fingerprint density at radius 1 is 0.690 bits per heavy atom. The second-order valence-electron chi connectivity index (χ2n) is 6.65. The van der Waals surface area contributed by atoms with E-state index in [2.05, 4.69) is 0 Å². The van der Waals surface area contributed by atoms with Crippen LogP contribution in [0.3, 0.4) is 0 Å². The van der Waals surface area contributed by atoms with Crippen molar-refractivity contribution in [3.63, 3.8) is 0 Å². The molecule has 4 rings (SSSR count). The Labute approximate surface area is 181 Å². The van der Waals surface area contributed by atoms with Gasteiger partial charge in [0.2, 0.25) is 0 Å². The molecule has 1 heterocycles. The standard InChI is InChI=1S/C22H15Cl3N2O2/c23-16-8-6-15(7-9-16)13-27-21(28)20-18(25)10-17(24)11-19(20)26(22(27)29)12-14-4-2-1-3-5-14/h1-11H,12-13H2. The van der Waals surface area contributed by atoms with Gasteiger partial charge in [0.25, 0.3) is 5.56 Å². The van der Waals surface area contributed by atoms with Crippen molar-refractivity contribution in [2.75, 3.05) is 0 Å². The number of halogens is 3. The molecule has 0 radical (unpaired) electrons. The summed E-state index contributed by atoms with van der Waals surface area (Å²) in [7, 11) is 0. The highest BCUT2D eigenvalue weighted by Gasteiger charge is 2.17. The lowest BCUT2D eigenvalue weighted by atomic mass is 10.2. The van der Waals surface area contributed by atoms with Crippen molar-refractivity contribution >= 4 is 45.7 Å². The Hall–Kier alpha value is -2.53. The third-order valence-corrected chi connectivity index (χ3v) is 5.45. The van der Waals surface area contributed by atoms with Crippen LogP contribution in [0, 0.1) is 0 Å². The van der Waals surface area contributed by atoms with E-state index >= 15 is 0 Å². The van der Waals surface area contributed by atoms with E-state index in [-0.39, 0.29) is 23.5 Å². The zero-order valence-electron chi connectivity index (χ0n) is 15.1. The highest BCUT2D eigenvalue weighted by atomic mass is 35.5. The highest BCUT2D eigenvalue weighted by molar-refractivity contribution is 6.38. The van der Waals surface area contributed by atoms with Crippen molar-refractivity contribution in [3.05, 3.63) is 114 Å². The van der Waals surface area contributed by atoms with E-state index in [0.29, 0.717) is 15.6 Å². The zero-order valence-corrected chi connectivity index (χ0v) is 17.4. The fourth-order valence-electron chi connectivity index (χ4n) is 3.29. The van der Waals surface area contributed by atoms with E-state index < -0.39 is 11.2 Å². The van der Waals surface area contributed by atoms with Crippen LogP contribution in [0.1, 0.15) is 11.1 Å². The molecule has 0 atom stereocenters. The minimum Gasteiger partial charge on any atom is -0.289 e. The quantitative estimate of drug-likeness (QED) is 0.432. The summed E-state index contributed by atoms with van der Waals surface area (Å²) < 4.78 is 2.72. The lowest BCUT2D eigenvalue weighted by Gasteiger charge is -2.15. The molecule has 4 aromatic rings. The predicted molar refractivity (Wildman–Crippen MR) is 119 cm³/mol. The van der Waals surface area contributed by atoms with Crippen LogP contribution in [0.4, 0.5) is 0 Å². The summed E-state index contributed by atoms with van der Waals surface area (Å²) in [5, 5.41) is 1.42. The van der Waals surface area contributed by atoms with E-state index in [1.807, 2.05) is 30.3 Å². The van der Waals surface area contributed by atoms with Gasteiger partial charge in [0, 0.05) is 10.0 Å². The number of fused-ring (bicyclic) bond motifs is 1. The van der Waals surface area contributed by atoms with Crippen molar-refractivity contribution in [2.45, 2.75) is 13.1 Å². The molecule has 0 aliphatic carbocycles. The molecule has 0 fully saturated rings. The van der Waals surface area contributed by atoms with Crippen LogP contribution in [0.25, 0.3) is 10.9 Å². The van der Waals surface area contributed by atoms with Crippen LogP contribution in [0.2, 0.25) is 15.1 Å². The Morgan fingerprint density at radius 2 is 1.31 bits per heavy atom. The molecule has 0 aliphatic heterocycles. The van der Waals surface area contributed by atoms with Crippen molar-refractivity contribution in [2.24, 2.45) is 0 Å². The lowest BCUT2D eigenvalue weighted by molar-refractivity contribution is 0.635. The van der Waals surface area contributed by atoms with Gasteiger partial charge in [-0.1, -0.05) is 77.3 Å². The van der Waals surface area contributed by atoms with Crippen LogP contribution in [-0.2, 0) is 13.1 Å². The van der Waals surface area contributed by atoms with Gasteiger partial charge < -0.3 is 0 Å². The Bertz CT molecular complexity index is 1310. The third kappa shape index (κ3) is 3.97. The zero-order chi connectivity index (χ0) is 20.5. The minimum atomic E-state index is -0.453. The number of benzene rings is 3. The fraction of sp³-hybridized carbons (Fsp3) is 0.0909. The third-order valence-electron chi connectivity index (χ3n) is 4.68. The molecule has 146 valence electrons. The van der Waals surface area contributed by atoms with E-state index in [4.69, 9.17) is 34.8 Å². The van der Waals surface area contributed by atoms with Gasteiger partial charge in [-0.05, 0) is 35.4 Å². The normalized spacial score (nSPS) is 11.1. The minimum absolute atomic E-state index is 0.110. The lowest BCUT2D eigenvalue weighted by Crippen LogP contribution is -2.40. The predicted octanol–water partition coefficient (Wildman–Crippen LogP) is 5.22. The molecule has 7 heteroatoms. The van der Waals surface area contributed by atoms with Crippen molar-refractivity contribution in [1.29, 1.82) is 0 Å². The van der Waals surface area contributed by atoms with E-state index in [1.165, 1.54) is 15.2 Å². The number of rotatable bonds is 4. The molecule has 0 unspecified atom stereocenters. The Balaban J connectivity index is 1.97. The number of nitrogens with zero attached hydrogens (tertiary/aromatic N) is 2. The van der Waals surface area contributed by atoms with E-state index in [1.54, 1.807) is 30.3 Å². The molecular formula is C22H15Cl3N2O2. The SMILES string of the molecule is O=c1c2c(Cl)cc(Cl)cc2n(Cc2ccccc2)c(=O)n1Cc1ccc(Cl)cc1. The topological polar surface area (TPSA) is 44.0 Å². The molecule has 0 saturated heterocycles. The Kier molecular flexibility index (Phi) is 5.50. The molecule has 4 nitrogen and oxygen atoms in total. The molecule has 0 bridgehead atoms. The highest BCUT2D eigenvalue weighted by Crippen LogP contribution is 2.25. The van der Waals surface area contributed by atoms with Gasteiger partial charge in [0.1, 0.15) is 0 Å². The van der Waals surface area contributed by atoms with Gasteiger partial charge in [-0.15, -0.1) is 0 Å². The monoisotopic (exact) mass is 444 g/mol. The first-order valence-corrected chi connectivity index (χ1v) is 9.98. The maximum atomic E-state index is 13.3. The van der Waals surface area contributed by atoms with Crippen molar-refractivity contribution in [1.82, 2.24) is 9.13 Å². The molecule has 0 saturated carbocycles. The summed E-state index contributed by atoms with van der Waals surface area (Å²) in [6, 6.07) is 19.6. The fourth-order valence-corrected chi connectivity index (χ4v) is 3.98. The van der Waals surface area contributed by atoms with Crippen LogP contribution in [0.15, 0.2) is 76.3 Å². The van der Waals surface area contributed by atoms with Crippen molar-refractivity contribution < 1.29 is 0 Å². The van der Waals surface area contributed by atoms with E-state index in [0.717, 1.165) is 11.1 Å². The van der Waals surface area contributed by atoms with Crippen LogP contribution >= 0.6 is 34.8 Å². The average Bonchev–Trinajstić information content (AvgIpc) is 2.70. The summed E-state index contributed by atoms with van der Waals surface area (Å²) in [4.78, 5) is 26.5. The maximum Gasteiger partial charge on any atom is 0.332 e. The van der Waals surface area contributed by atoms with Crippen LogP contribution in [0.5, 0.6) is 0 Å². The molecular weight excluding hydrogens is 431 g/mol. The number of hydrogen-bond donors (Lipinski definition) is 0. The number of hydrogen-bond acceptors (Lipinski definition) is 2. The summed E-state index contributed by atoms with van der Waals surface area (Å²) >= 11 is 18.5. The number of aromatic nitrogens is 2. The molecule has 29 heavy (non-hydrogen) atoms. The second kappa shape index (κ2) is 8.07.